The summed E-state index contributed by atoms with van der Waals surface area (Å²) >= 11 is 0. The third-order valence-electron chi connectivity index (χ3n) is 6.55. The van der Waals surface area contributed by atoms with Gasteiger partial charge in [-0.15, -0.1) is 0 Å². The van der Waals surface area contributed by atoms with Crippen molar-refractivity contribution in [2.75, 3.05) is 24.6 Å². The van der Waals surface area contributed by atoms with E-state index in [1.165, 1.54) is 17.3 Å². The van der Waals surface area contributed by atoms with E-state index in [4.69, 9.17) is 0 Å². The highest BCUT2D eigenvalue weighted by molar-refractivity contribution is 6.02. The molecule has 1 saturated heterocycles. The number of fused-ring (bicyclic) bond motifs is 1. The van der Waals surface area contributed by atoms with Gasteiger partial charge in [0.1, 0.15) is 18.0 Å². The first-order valence-electron chi connectivity index (χ1n) is 11.9. The van der Waals surface area contributed by atoms with Crippen LogP contribution in [0.2, 0.25) is 0 Å². The second-order valence-electron chi connectivity index (χ2n) is 9.33. The SMILES string of the molecule is C[C@@H]1CN(c2ncnc3c2c(-c2ccccc2F)cn3-c2cnn(C)c2)[C@@H](C)CN1C(=O)OCC(F)(F)F. The van der Waals surface area contributed by atoms with Gasteiger partial charge in [-0.05, 0) is 19.9 Å². The number of halogens is 4. The number of hydrogen-bond acceptors (Lipinski definition) is 6. The van der Waals surface area contributed by atoms with Gasteiger partial charge in [0.15, 0.2) is 12.3 Å². The summed E-state index contributed by atoms with van der Waals surface area (Å²) in [6.45, 7) is 2.30. The number of benzene rings is 1. The predicted molar refractivity (Wildman–Crippen MR) is 131 cm³/mol. The molecular formula is C25H25F4N7O2. The lowest BCUT2D eigenvalue weighted by Crippen LogP contribution is -2.58. The number of amides is 1. The summed E-state index contributed by atoms with van der Waals surface area (Å²) < 4.78 is 60.7. The van der Waals surface area contributed by atoms with Gasteiger partial charge in [-0.1, -0.05) is 18.2 Å². The van der Waals surface area contributed by atoms with Gasteiger partial charge in [0.05, 0.1) is 17.3 Å². The first-order valence-corrected chi connectivity index (χ1v) is 11.9. The van der Waals surface area contributed by atoms with Gasteiger partial charge in [-0.2, -0.15) is 18.3 Å². The molecule has 9 nitrogen and oxygen atoms in total. The largest absolute Gasteiger partial charge is 0.440 e. The molecule has 1 amide bonds. The number of carbonyl (C=O) groups excluding carboxylic acids is 1. The molecule has 0 aliphatic carbocycles. The number of alkyl halides is 3. The van der Waals surface area contributed by atoms with E-state index >= 15 is 4.39 Å². The number of aryl methyl sites for hydroxylation is 1. The molecule has 0 radical (unpaired) electrons. The molecule has 38 heavy (non-hydrogen) atoms. The molecular weight excluding hydrogens is 506 g/mol. The number of nitrogens with zero attached hydrogens (tertiary/aromatic N) is 7. The summed E-state index contributed by atoms with van der Waals surface area (Å²) in [7, 11) is 1.79. The van der Waals surface area contributed by atoms with Crippen LogP contribution in [-0.2, 0) is 11.8 Å². The highest BCUT2D eigenvalue weighted by Gasteiger charge is 2.37. The van der Waals surface area contributed by atoms with Crippen molar-refractivity contribution in [3.05, 3.63) is 55.0 Å². The lowest BCUT2D eigenvalue weighted by Gasteiger charge is -2.44. The fourth-order valence-corrected chi connectivity index (χ4v) is 4.78. The molecule has 0 bridgehead atoms. The number of anilines is 1. The Morgan fingerprint density at radius 1 is 1.08 bits per heavy atom. The number of aromatic nitrogens is 5. The molecule has 5 rings (SSSR count). The van der Waals surface area contributed by atoms with Crippen molar-refractivity contribution in [3.8, 4) is 16.8 Å². The third kappa shape index (κ3) is 4.75. The average Bonchev–Trinajstić information content (AvgIpc) is 3.47. The van der Waals surface area contributed by atoms with Crippen molar-refractivity contribution in [2.24, 2.45) is 7.05 Å². The van der Waals surface area contributed by atoms with E-state index in [0.29, 0.717) is 28.0 Å². The third-order valence-corrected chi connectivity index (χ3v) is 6.55. The number of ether oxygens (including phenoxy) is 1. The van der Waals surface area contributed by atoms with Gasteiger partial charge in [0, 0.05) is 55.7 Å². The maximum Gasteiger partial charge on any atom is 0.422 e. The van der Waals surface area contributed by atoms with Crippen molar-refractivity contribution in [1.82, 2.24) is 29.2 Å². The lowest BCUT2D eigenvalue weighted by molar-refractivity contribution is -0.163. The van der Waals surface area contributed by atoms with Crippen LogP contribution in [0.3, 0.4) is 0 Å². The minimum absolute atomic E-state index is 0.113. The quantitative estimate of drug-likeness (QED) is 0.359. The van der Waals surface area contributed by atoms with Gasteiger partial charge in [0.25, 0.3) is 0 Å². The van der Waals surface area contributed by atoms with Gasteiger partial charge < -0.3 is 14.5 Å². The number of carbonyl (C=O) groups is 1. The topological polar surface area (TPSA) is 81.3 Å². The summed E-state index contributed by atoms with van der Waals surface area (Å²) in [4.78, 5) is 24.7. The zero-order valence-corrected chi connectivity index (χ0v) is 20.9. The zero-order valence-electron chi connectivity index (χ0n) is 20.9. The van der Waals surface area contributed by atoms with Crippen molar-refractivity contribution in [3.63, 3.8) is 0 Å². The van der Waals surface area contributed by atoms with Crippen molar-refractivity contribution in [2.45, 2.75) is 32.1 Å². The molecule has 1 aliphatic rings. The minimum atomic E-state index is -4.61. The zero-order chi connectivity index (χ0) is 27.2. The van der Waals surface area contributed by atoms with E-state index < -0.39 is 30.7 Å². The minimum Gasteiger partial charge on any atom is -0.440 e. The molecule has 1 aliphatic heterocycles. The first kappa shape index (κ1) is 25.5. The van der Waals surface area contributed by atoms with Gasteiger partial charge in [-0.25, -0.2) is 19.2 Å². The highest BCUT2D eigenvalue weighted by Crippen LogP contribution is 2.39. The Hall–Kier alpha value is -4.16. The maximum absolute atomic E-state index is 15.0. The molecule has 2 atom stereocenters. The standard InChI is InChI=1S/C25H25F4N7O2/c1-15-10-35(24(37)38-13-25(27,28)29)16(2)9-34(15)22-21-19(18-6-4-5-7-20(18)26)12-36(23(21)31-14-30-22)17-8-32-33(3)11-17/h4-8,11-12,14-16H,9-10,13H2,1-3H3/t15-,16+/m0/s1. The summed E-state index contributed by atoms with van der Waals surface area (Å²) in [6.07, 6.45) is 1.05. The molecule has 3 aromatic heterocycles. The van der Waals surface area contributed by atoms with Crippen LogP contribution in [0.15, 0.2) is 49.2 Å². The fourth-order valence-electron chi connectivity index (χ4n) is 4.78. The monoisotopic (exact) mass is 531 g/mol. The Bertz CT molecular complexity index is 1480. The number of rotatable bonds is 4. The van der Waals surface area contributed by atoms with Crippen LogP contribution in [0.5, 0.6) is 0 Å². The van der Waals surface area contributed by atoms with Crippen LogP contribution in [-0.4, -0.2) is 73.3 Å². The summed E-state index contributed by atoms with van der Waals surface area (Å²) in [5, 5.41) is 4.84. The van der Waals surface area contributed by atoms with E-state index in [0.717, 1.165) is 5.69 Å². The van der Waals surface area contributed by atoms with Crippen LogP contribution < -0.4 is 4.90 Å². The van der Waals surface area contributed by atoms with Gasteiger partial charge in [-0.3, -0.25) is 9.25 Å². The molecule has 1 aromatic carbocycles. The molecule has 0 N–H and O–H groups in total. The summed E-state index contributed by atoms with van der Waals surface area (Å²) in [5.41, 5.74) is 2.20. The van der Waals surface area contributed by atoms with E-state index in [1.807, 2.05) is 22.6 Å². The Labute approximate surface area is 215 Å². The molecule has 4 aromatic rings. The fraction of sp³-hybridized carbons (Fsp3) is 0.360. The average molecular weight is 532 g/mol. The second kappa shape index (κ2) is 9.62. The summed E-state index contributed by atoms with van der Waals surface area (Å²) in [5.74, 6) is 0.115. The molecule has 1 fully saturated rings. The van der Waals surface area contributed by atoms with Crippen LogP contribution in [0.4, 0.5) is 28.2 Å². The Balaban J connectivity index is 1.57. The lowest BCUT2D eigenvalue weighted by atomic mass is 10.0. The maximum atomic E-state index is 15.0. The van der Waals surface area contributed by atoms with Gasteiger partial charge >= 0.3 is 12.3 Å². The van der Waals surface area contributed by atoms with Crippen molar-refractivity contribution >= 4 is 22.9 Å². The van der Waals surface area contributed by atoms with E-state index in [2.05, 4.69) is 19.8 Å². The van der Waals surface area contributed by atoms with Crippen molar-refractivity contribution < 1.29 is 27.1 Å². The normalized spacial score (nSPS) is 18.3. The van der Waals surface area contributed by atoms with E-state index in [9.17, 15) is 18.0 Å². The first-order chi connectivity index (χ1) is 18.0. The smallest absolute Gasteiger partial charge is 0.422 e. The Kier molecular flexibility index (Phi) is 6.45. The van der Waals surface area contributed by atoms with Gasteiger partial charge in [0.2, 0.25) is 0 Å². The molecule has 13 heteroatoms. The molecule has 200 valence electrons. The molecule has 4 heterocycles. The van der Waals surface area contributed by atoms with E-state index in [1.54, 1.807) is 49.2 Å². The molecule has 0 saturated carbocycles. The Morgan fingerprint density at radius 2 is 1.84 bits per heavy atom. The van der Waals surface area contributed by atoms with Crippen LogP contribution in [0.1, 0.15) is 13.8 Å². The van der Waals surface area contributed by atoms with Crippen LogP contribution in [0, 0.1) is 5.82 Å². The van der Waals surface area contributed by atoms with E-state index in [-0.39, 0.29) is 19.1 Å². The van der Waals surface area contributed by atoms with Crippen LogP contribution >= 0.6 is 0 Å². The molecule has 0 unspecified atom stereocenters. The summed E-state index contributed by atoms with van der Waals surface area (Å²) in [6, 6.07) is 5.59. The Morgan fingerprint density at radius 3 is 2.53 bits per heavy atom. The van der Waals surface area contributed by atoms with Crippen LogP contribution in [0.25, 0.3) is 27.8 Å². The number of hydrogen-bond donors (Lipinski definition) is 0. The molecule has 0 spiro atoms. The second-order valence-corrected chi connectivity index (χ2v) is 9.33. The number of piperazine rings is 1. The predicted octanol–water partition coefficient (Wildman–Crippen LogP) is 4.56. The van der Waals surface area contributed by atoms with Crippen molar-refractivity contribution in [1.29, 1.82) is 0 Å². The highest BCUT2D eigenvalue weighted by atomic mass is 19.4.